The molecule has 0 fully saturated rings. The van der Waals surface area contributed by atoms with Gasteiger partial charge in [0, 0.05) is 13.1 Å². The molecule has 0 saturated heterocycles. The first-order chi connectivity index (χ1) is 7.63. The van der Waals surface area contributed by atoms with Gasteiger partial charge >= 0.3 is 5.97 Å². The number of methoxy groups -OCH3 is 1. The van der Waals surface area contributed by atoms with E-state index in [2.05, 4.69) is 9.89 Å². The van der Waals surface area contributed by atoms with E-state index < -0.39 is 5.97 Å². The number of anilines is 1. The van der Waals surface area contributed by atoms with E-state index in [-0.39, 0.29) is 0 Å². The SMILES string of the molecule is COC(=O)c1ccc(-c2cc(N)no2)n1C. The number of aromatic nitrogens is 2. The number of carbonyl (C=O) groups is 1. The van der Waals surface area contributed by atoms with E-state index >= 15 is 0 Å². The molecule has 2 heterocycles. The highest BCUT2D eigenvalue weighted by atomic mass is 16.5. The zero-order valence-corrected chi connectivity index (χ0v) is 8.93. The minimum absolute atomic E-state index is 0.302. The molecular weight excluding hydrogens is 210 g/mol. The van der Waals surface area contributed by atoms with E-state index in [0.29, 0.717) is 23.0 Å². The second kappa shape index (κ2) is 3.73. The molecule has 6 heteroatoms. The molecule has 0 atom stereocenters. The van der Waals surface area contributed by atoms with Crippen LogP contribution in [0.1, 0.15) is 10.5 Å². The molecule has 0 aliphatic heterocycles. The monoisotopic (exact) mass is 221 g/mol. The number of nitrogen functional groups attached to an aromatic ring is 1. The highest BCUT2D eigenvalue weighted by molar-refractivity contribution is 5.88. The summed E-state index contributed by atoms with van der Waals surface area (Å²) in [6.45, 7) is 0. The number of nitrogens with zero attached hydrogens (tertiary/aromatic N) is 2. The molecule has 0 radical (unpaired) electrons. The first-order valence-corrected chi connectivity index (χ1v) is 4.60. The van der Waals surface area contributed by atoms with Gasteiger partial charge < -0.3 is 19.6 Å². The Kier molecular flexibility index (Phi) is 2.40. The minimum Gasteiger partial charge on any atom is -0.464 e. The Morgan fingerprint density at radius 3 is 2.88 bits per heavy atom. The van der Waals surface area contributed by atoms with Crippen molar-refractivity contribution in [1.82, 2.24) is 9.72 Å². The quantitative estimate of drug-likeness (QED) is 0.766. The Morgan fingerprint density at radius 2 is 2.31 bits per heavy atom. The number of carbonyl (C=O) groups excluding carboxylic acids is 1. The minimum atomic E-state index is -0.402. The van der Waals surface area contributed by atoms with Crippen LogP contribution in [0, 0.1) is 0 Å². The zero-order valence-electron chi connectivity index (χ0n) is 8.93. The van der Waals surface area contributed by atoms with Crippen molar-refractivity contribution in [3.05, 3.63) is 23.9 Å². The zero-order chi connectivity index (χ0) is 11.7. The summed E-state index contributed by atoms with van der Waals surface area (Å²) in [5.41, 5.74) is 6.60. The van der Waals surface area contributed by atoms with Gasteiger partial charge in [-0.15, -0.1) is 0 Å². The highest BCUT2D eigenvalue weighted by Gasteiger charge is 2.16. The third kappa shape index (κ3) is 1.54. The molecule has 0 unspecified atom stereocenters. The van der Waals surface area contributed by atoms with Crippen molar-refractivity contribution in [3.63, 3.8) is 0 Å². The second-order valence-corrected chi connectivity index (χ2v) is 3.27. The van der Waals surface area contributed by atoms with Crippen molar-refractivity contribution in [2.45, 2.75) is 0 Å². The number of ether oxygens (including phenoxy) is 1. The maximum atomic E-state index is 11.4. The smallest absolute Gasteiger partial charge is 0.354 e. The molecular formula is C10H11N3O3. The van der Waals surface area contributed by atoms with Gasteiger partial charge in [0.1, 0.15) is 5.69 Å². The number of esters is 1. The van der Waals surface area contributed by atoms with Crippen LogP contribution >= 0.6 is 0 Å². The van der Waals surface area contributed by atoms with E-state index in [9.17, 15) is 4.79 Å². The number of nitrogens with two attached hydrogens (primary N) is 1. The predicted octanol–water partition coefficient (Wildman–Crippen LogP) is 1.05. The topological polar surface area (TPSA) is 83.3 Å². The molecule has 0 aliphatic rings. The van der Waals surface area contributed by atoms with E-state index in [1.807, 2.05) is 0 Å². The van der Waals surface area contributed by atoms with Gasteiger partial charge in [-0.2, -0.15) is 0 Å². The summed E-state index contributed by atoms with van der Waals surface area (Å²) < 4.78 is 11.3. The van der Waals surface area contributed by atoms with Gasteiger partial charge in [-0.3, -0.25) is 0 Å². The fraction of sp³-hybridized carbons (Fsp3) is 0.200. The molecule has 0 aromatic carbocycles. The van der Waals surface area contributed by atoms with Crippen molar-refractivity contribution in [2.75, 3.05) is 12.8 Å². The van der Waals surface area contributed by atoms with Crippen LogP contribution in [-0.2, 0) is 11.8 Å². The lowest BCUT2D eigenvalue weighted by molar-refractivity contribution is 0.0590. The second-order valence-electron chi connectivity index (χ2n) is 3.27. The Labute approximate surface area is 91.6 Å². The van der Waals surface area contributed by atoms with Crippen molar-refractivity contribution >= 4 is 11.8 Å². The van der Waals surface area contributed by atoms with Crippen LogP contribution in [-0.4, -0.2) is 22.8 Å². The maximum Gasteiger partial charge on any atom is 0.354 e. The molecule has 2 rings (SSSR count). The summed E-state index contributed by atoms with van der Waals surface area (Å²) in [4.78, 5) is 11.4. The van der Waals surface area contributed by atoms with Crippen molar-refractivity contribution in [2.24, 2.45) is 7.05 Å². The van der Waals surface area contributed by atoms with Gasteiger partial charge in [-0.05, 0) is 12.1 Å². The van der Waals surface area contributed by atoms with Crippen molar-refractivity contribution < 1.29 is 14.1 Å². The highest BCUT2D eigenvalue weighted by Crippen LogP contribution is 2.23. The molecule has 0 bridgehead atoms. The number of hydrogen-bond acceptors (Lipinski definition) is 5. The van der Waals surface area contributed by atoms with Crippen LogP contribution in [0.3, 0.4) is 0 Å². The van der Waals surface area contributed by atoms with E-state index in [4.69, 9.17) is 10.3 Å². The third-order valence-electron chi connectivity index (χ3n) is 2.30. The molecule has 0 saturated carbocycles. The van der Waals surface area contributed by atoms with Crippen LogP contribution in [0.2, 0.25) is 0 Å². The molecule has 0 aliphatic carbocycles. The molecule has 84 valence electrons. The molecule has 2 aromatic rings. The fourth-order valence-corrected chi connectivity index (χ4v) is 1.48. The Morgan fingerprint density at radius 1 is 1.56 bits per heavy atom. The Balaban J connectivity index is 2.44. The van der Waals surface area contributed by atoms with Crippen LogP contribution in [0.15, 0.2) is 22.7 Å². The van der Waals surface area contributed by atoms with Crippen LogP contribution in [0.4, 0.5) is 5.82 Å². The standard InChI is InChI=1S/C10H11N3O3/c1-13-6(8-5-9(11)12-16-8)3-4-7(13)10(14)15-2/h3-5H,1-2H3,(H2,11,12). The van der Waals surface area contributed by atoms with Gasteiger partial charge in [-0.1, -0.05) is 5.16 Å². The Bertz CT molecular complexity index is 527. The van der Waals surface area contributed by atoms with Gasteiger partial charge in [-0.25, -0.2) is 4.79 Å². The Hall–Kier alpha value is -2.24. The van der Waals surface area contributed by atoms with Crippen molar-refractivity contribution in [3.8, 4) is 11.5 Å². The number of rotatable bonds is 2. The number of hydrogen-bond donors (Lipinski definition) is 1. The largest absolute Gasteiger partial charge is 0.464 e. The summed E-state index contributed by atoms with van der Waals surface area (Å²) in [6.07, 6.45) is 0. The average Bonchev–Trinajstić information content (AvgIpc) is 2.83. The molecule has 0 amide bonds. The van der Waals surface area contributed by atoms with Crippen molar-refractivity contribution in [1.29, 1.82) is 0 Å². The van der Waals surface area contributed by atoms with Crippen LogP contribution in [0.25, 0.3) is 11.5 Å². The van der Waals surface area contributed by atoms with Gasteiger partial charge in [0.15, 0.2) is 11.6 Å². The molecule has 2 N–H and O–H groups in total. The summed E-state index contributed by atoms with van der Waals surface area (Å²) in [6, 6.07) is 4.99. The van der Waals surface area contributed by atoms with E-state index in [0.717, 1.165) is 0 Å². The first kappa shape index (κ1) is 10.3. The fourth-order valence-electron chi connectivity index (χ4n) is 1.48. The van der Waals surface area contributed by atoms with Gasteiger partial charge in [0.2, 0.25) is 0 Å². The molecule has 0 spiro atoms. The van der Waals surface area contributed by atoms with Crippen LogP contribution in [0.5, 0.6) is 0 Å². The molecule has 16 heavy (non-hydrogen) atoms. The predicted molar refractivity (Wildman–Crippen MR) is 56.7 cm³/mol. The summed E-state index contributed by atoms with van der Waals surface area (Å²) in [7, 11) is 3.07. The lowest BCUT2D eigenvalue weighted by Gasteiger charge is -2.03. The van der Waals surface area contributed by atoms with Gasteiger partial charge in [0.05, 0.1) is 12.8 Å². The summed E-state index contributed by atoms with van der Waals surface area (Å²) >= 11 is 0. The average molecular weight is 221 g/mol. The first-order valence-electron chi connectivity index (χ1n) is 4.60. The molecule has 6 nitrogen and oxygen atoms in total. The van der Waals surface area contributed by atoms with Gasteiger partial charge in [0.25, 0.3) is 0 Å². The lowest BCUT2D eigenvalue weighted by atomic mass is 10.3. The summed E-state index contributed by atoms with van der Waals surface area (Å²) in [5, 5.41) is 3.58. The third-order valence-corrected chi connectivity index (χ3v) is 2.30. The van der Waals surface area contributed by atoms with E-state index in [1.165, 1.54) is 7.11 Å². The lowest BCUT2D eigenvalue weighted by Crippen LogP contribution is -2.07. The molecule has 2 aromatic heterocycles. The van der Waals surface area contributed by atoms with Crippen LogP contribution < -0.4 is 5.73 Å². The summed E-state index contributed by atoms with van der Waals surface area (Å²) in [5.74, 6) is 0.409. The maximum absolute atomic E-state index is 11.4. The van der Waals surface area contributed by atoms with E-state index in [1.54, 1.807) is 29.8 Å². The normalized spacial score (nSPS) is 10.4.